The van der Waals surface area contributed by atoms with Gasteiger partial charge in [0.25, 0.3) is 0 Å². The quantitative estimate of drug-likeness (QED) is 0.875. The standard InChI is InChI=1S/C18H22FN3O2/c1-23-14-6-4-5-13(15(14)19)11-20-18(9-2-3-10-18)17-21-16(24-22-17)12-7-8-12/h4-6,12,20H,2-3,7-11H2,1H3. The van der Waals surface area contributed by atoms with Gasteiger partial charge in [-0.05, 0) is 31.7 Å². The second-order valence-corrected chi connectivity index (χ2v) is 6.81. The molecule has 0 bridgehead atoms. The number of benzene rings is 1. The van der Waals surface area contributed by atoms with Crippen LogP contribution >= 0.6 is 0 Å². The lowest BCUT2D eigenvalue weighted by Gasteiger charge is -2.27. The monoisotopic (exact) mass is 331 g/mol. The van der Waals surface area contributed by atoms with E-state index in [1.165, 1.54) is 7.11 Å². The Morgan fingerprint density at radius 1 is 1.33 bits per heavy atom. The predicted molar refractivity (Wildman–Crippen MR) is 86.2 cm³/mol. The van der Waals surface area contributed by atoms with E-state index in [4.69, 9.17) is 9.26 Å². The first-order valence-electron chi connectivity index (χ1n) is 8.62. The van der Waals surface area contributed by atoms with Crippen LogP contribution in [0.3, 0.4) is 0 Å². The molecule has 0 aliphatic heterocycles. The van der Waals surface area contributed by atoms with Gasteiger partial charge in [-0.3, -0.25) is 0 Å². The maximum atomic E-state index is 14.4. The molecule has 4 rings (SSSR count). The van der Waals surface area contributed by atoms with Gasteiger partial charge in [0.2, 0.25) is 5.89 Å². The lowest BCUT2D eigenvalue weighted by molar-refractivity contribution is 0.294. The first kappa shape index (κ1) is 15.6. The summed E-state index contributed by atoms with van der Waals surface area (Å²) in [6, 6.07) is 5.21. The van der Waals surface area contributed by atoms with Gasteiger partial charge in [-0.1, -0.05) is 30.1 Å². The Morgan fingerprint density at radius 2 is 2.12 bits per heavy atom. The molecule has 2 saturated carbocycles. The van der Waals surface area contributed by atoms with E-state index in [0.717, 1.165) is 50.2 Å². The minimum absolute atomic E-state index is 0.269. The third-order valence-corrected chi connectivity index (χ3v) is 5.13. The Labute approximate surface area is 140 Å². The summed E-state index contributed by atoms with van der Waals surface area (Å²) in [5.74, 6) is 1.88. The van der Waals surface area contributed by atoms with Crippen molar-refractivity contribution in [1.82, 2.24) is 15.5 Å². The smallest absolute Gasteiger partial charge is 0.229 e. The third-order valence-electron chi connectivity index (χ3n) is 5.13. The molecule has 0 saturated heterocycles. The predicted octanol–water partition coefficient (Wildman–Crippen LogP) is 3.65. The molecule has 2 fully saturated rings. The zero-order valence-corrected chi connectivity index (χ0v) is 13.8. The van der Waals surface area contributed by atoms with Crippen LogP contribution in [0.2, 0.25) is 0 Å². The van der Waals surface area contributed by atoms with Crippen molar-refractivity contribution in [2.75, 3.05) is 7.11 Å². The Hall–Kier alpha value is -1.95. The molecule has 0 unspecified atom stereocenters. The molecule has 0 radical (unpaired) electrons. The lowest BCUT2D eigenvalue weighted by atomic mass is 9.96. The summed E-state index contributed by atoms with van der Waals surface area (Å²) < 4.78 is 24.9. The molecule has 128 valence electrons. The van der Waals surface area contributed by atoms with Crippen molar-refractivity contribution in [2.24, 2.45) is 0 Å². The highest BCUT2D eigenvalue weighted by Gasteiger charge is 2.41. The zero-order chi connectivity index (χ0) is 16.6. The normalized spacial score (nSPS) is 19.6. The fourth-order valence-electron chi connectivity index (χ4n) is 3.50. The molecule has 5 nitrogen and oxygen atoms in total. The average Bonchev–Trinajstić information content (AvgIpc) is 3.13. The number of rotatable bonds is 6. The van der Waals surface area contributed by atoms with Crippen molar-refractivity contribution < 1.29 is 13.7 Å². The van der Waals surface area contributed by atoms with Gasteiger partial charge in [0.15, 0.2) is 17.4 Å². The Balaban J connectivity index is 1.55. The minimum Gasteiger partial charge on any atom is -0.494 e. The summed E-state index contributed by atoms with van der Waals surface area (Å²) in [6.07, 6.45) is 6.39. The van der Waals surface area contributed by atoms with Crippen LogP contribution < -0.4 is 10.1 Å². The number of hydrogen-bond acceptors (Lipinski definition) is 5. The number of methoxy groups -OCH3 is 1. The molecule has 2 aliphatic rings. The van der Waals surface area contributed by atoms with Gasteiger partial charge in [0.1, 0.15) is 0 Å². The van der Waals surface area contributed by atoms with Gasteiger partial charge in [0, 0.05) is 18.0 Å². The highest BCUT2D eigenvalue weighted by molar-refractivity contribution is 5.31. The maximum absolute atomic E-state index is 14.4. The third kappa shape index (κ3) is 2.79. The van der Waals surface area contributed by atoms with Crippen molar-refractivity contribution >= 4 is 0 Å². The van der Waals surface area contributed by atoms with Gasteiger partial charge in [0.05, 0.1) is 12.6 Å². The fourth-order valence-corrected chi connectivity index (χ4v) is 3.50. The second kappa shape index (κ2) is 6.16. The van der Waals surface area contributed by atoms with Gasteiger partial charge >= 0.3 is 0 Å². The molecule has 0 spiro atoms. The largest absolute Gasteiger partial charge is 0.494 e. The molecule has 0 amide bonds. The van der Waals surface area contributed by atoms with E-state index < -0.39 is 0 Å². The van der Waals surface area contributed by atoms with E-state index in [9.17, 15) is 4.39 Å². The number of nitrogens with zero attached hydrogens (tertiary/aromatic N) is 2. The van der Waals surface area contributed by atoms with Crippen molar-refractivity contribution in [2.45, 2.75) is 56.5 Å². The molecule has 2 aliphatic carbocycles. The topological polar surface area (TPSA) is 60.2 Å². The molecular formula is C18H22FN3O2. The number of ether oxygens (including phenoxy) is 1. The van der Waals surface area contributed by atoms with Crippen LogP contribution in [-0.4, -0.2) is 17.3 Å². The summed E-state index contributed by atoms with van der Waals surface area (Å²) >= 11 is 0. The van der Waals surface area contributed by atoms with Crippen LogP contribution in [0, 0.1) is 5.82 Å². The summed E-state index contributed by atoms with van der Waals surface area (Å²) in [5, 5.41) is 7.74. The number of halogens is 1. The minimum atomic E-state index is -0.313. The molecule has 24 heavy (non-hydrogen) atoms. The van der Waals surface area contributed by atoms with Crippen molar-refractivity contribution in [3.05, 3.63) is 41.3 Å². The first-order chi connectivity index (χ1) is 11.7. The summed E-state index contributed by atoms with van der Waals surface area (Å²) in [6.45, 7) is 0.413. The average molecular weight is 331 g/mol. The van der Waals surface area contributed by atoms with Crippen LogP contribution in [-0.2, 0) is 12.1 Å². The molecule has 2 aromatic rings. The molecule has 1 N–H and O–H groups in total. The van der Waals surface area contributed by atoms with E-state index in [-0.39, 0.29) is 17.1 Å². The second-order valence-electron chi connectivity index (χ2n) is 6.81. The summed E-state index contributed by atoms with van der Waals surface area (Å²) in [4.78, 5) is 4.64. The highest BCUT2D eigenvalue weighted by Crippen LogP contribution is 2.42. The SMILES string of the molecule is COc1cccc(CNC2(c3noc(C4CC4)n3)CCCC2)c1F. The molecule has 6 heteroatoms. The molecule has 1 heterocycles. The van der Waals surface area contributed by atoms with Gasteiger partial charge in [-0.25, -0.2) is 4.39 Å². The number of hydrogen-bond donors (Lipinski definition) is 1. The van der Waals surface area contributed by atoms with E-state index >= 15 is 0 Å². The Kier molecular flexibility index (Phi) is 4.00. The molecule has 1 aromatic carbocycles. The van der Waals surface area contributed by atoms with E-state index in [1.807, 2.05) is 0 Å². The molecular weight excluding hydrogens is 309 g/mol. The van der Waals surface area contributed by atoms with Crippen LogP contribution in [0.4, 0.5) is 4.39 Å². The van der Waals surface area contributed by atoms with Crippen molar-refractivity contribution in [1.29, 1.82) is 0 Å². The van der Waals surface area contributed by atoms with Crippen LogP contribution in [0.15, 0.2) is 22.7 Å². The fraction of sp³-hybridized carbons (Fsp3) is 0.556. The van der Waals surface area contributed by atoms with Crippen molar-refractivity contribution in [3.63, 3.8) is 0 Å². The number of nitrogens with one attached hydrogen (secondary N) is 1. The Bertz CT molecular complexity index is 721. The lowest BCUT2D eigenvalue weighted by Crippen LogP contribution is -2.40. The van der Waals surface area contributed by atoms with Gasteiger partial charge < -0.3 is 14.6 Å². The molecule has 0 atom stereocenters. The van der Waals surface area contributed by atoms with Gasteiger partial charge in [-0.15, -0.1) is 0 Å². The van der Waals surface area contributed by atoms with E-state index in [1.54, 1.807) is 18.2 Å². The zero-order valence-electron chi connectivity index (χ0n) is 13.8. The maximum Gasteiger partial charge on any atom is 0.229 e. The Morgan fingerprint density at radius 3 is 2.83 bits per heavy atom. The molecule has 1 aromatic heterocycles. The van der Waals surface area contributed by atoms with Crippen LogP contribution in [0.1, 0.15) is 61.7 Å². The van der Waals surface area contributed by atoms with Gasteiger partial charge in [-0.2, -0.15) is 4.98 Å². The van der Waals surface area contributed by atoms with Crippen LogP contribution in [0.5, 0.6) is 5.75 Å². The van der Waals surface area contributed by atoms with Crippen LogP contribution in [0.25, 0.3) is 0 Å². The van der Waals surface area contributed by atoms with E-state index in [0.29, 0.717) is 18.0 Å². The van der Waals surface area contributed by atoms with Crippen molar-refractivity contribution in [3.8, 4) is 5.75 Å². The van der Waals surface area contributed by atoms with E-state index in [2.05, 4.69) is 15.5 Å². The summed E-state index contributed by atoms with van der Waals surface area (Å²) in [7, 11) is 1.48. The number of aromatic nitrogens is 2. The first-order valence-corrected chi connectivity index (χ1v) is 8.62. The highest BCUT2D eigenvalue weighted by atomic mass is 19.1. The summed E-state index contributed by atoms with van der Waals surface area (Å²) in [5.41, 5.74) is 0.276.